The number of likely N-dealkylation sites (tertiary alicyclic amines) is 1. The summed E-state index contributed by atoms with van der Waals surface area (Å²) in [5, 5.41) is 0. The normalized spacial score (nSPS) is 20.9. The fourth-order valence-corrected chi connectivity index (χ4v) is 3.92. The van der Waals surface area contributed by atoms with E-state index in [0.29, 0.717) is 29.8 Å². The van der Waals surface area contributed by atoms with Crippen LogP contribution in [0.1, 0.15) is 42.1 Å². The lowest BCUT2D eigenvalue weighted by molar-refractivity contribution is 0.0760. The molecule has 0 spiro atoms. The Bertz CT molecular complexity index is 989. The molecule has 1 fully saturated rings. The first-order chi connectivity index (χ1) is 12.6. The van der Waals surface area contributed by atoms with Crippen molar-refractivity contribution in [2.75, 3.05) is 13.1 Å². The highest BCUT2D eigenvalue weighted by Gasteiger charge is 2.31. The Morgan fingerprint density at radius 1 is 1.08 bits per heavy atom. The number of rotatable bonds is 2. The fraction of sp³-hybridized carbons (Fsp3) is 0.333. The van der Waals surface area contributed by atoms with Crippen LogP contribution in [0.15, 0.2) is 57.7 Å². The maximum Gasteiger partial charge on any atom is 0.417 e. The van der Waals surface area contributed by atoms with Crippen LogP contribution in [0, 0.1) is 0 Å². The van der Waals surface area contributed by atoms with Crippen LogP contribution in [0.5, 0.6) is 0 Å². The van der Waals surface area contributed by atoms with Crippen molar-refractivity contribution in [2.24, 2.45) is 0 Å². The van der Waals surface area contributed by atoms with Crippen LogP contribution in [0.4, 0.5) is 0 Å². The molecule has 1 atom stereocenters. The van der Waals surface area contributed by atoms with Gasteiger partial charge < -0.3 is 9.32 Å². The van der Waals surface area contributed by atoms with Crippen molar-refractivity contribution in [3.8, 4) is 0 Å². The van der Waals surface area contributed by atoms with Crippen molar-refractivity contribution < 1.29 is 9.21 Å². The van der Waals surface area contributed by atoms with Gasteiger partial charge in [0.05, 0.1) is 11.1 Å². The van der Waals surface area contributed by atoms with Crippen molar-refractivity contribution in [1.82, 2.24) is 9.88 Å². The van der Waals surface area contributed by atoms with E-state index in [-0.39, 0.29) is 11.3 Å². The molecule has 1 aromatic heterocycles. The number of hydrogen-bond donors (Lipinski definition) is 1. The zero-order valence-electron chi connectivity index (χ0n) is 14.8. The van der Waals surface area contributed by atoms with Gasteiger partial charge in [0.15, 0.2) is 5.58 Å². The van der Waals surface area contributed by atoms with E-state index < -0.39 is 5.76 Å². The Labute approximate surface area is 151 Å². The van der Waals surface area contributed by atoms with Gasteiger partial charge in [-0.1, -0.05) is 43.3 Å². The van der Waals surface area contributed by atoms with Crippen molar-refractivity contribution >= 4 is 17.0 Å². The summed E-state index contributed by atoms with van der Waals surface area (Å²) in [5.74, 6) is -0.608. The molecular weight excluding hydrogens is 328 g/mol. The quantitative estimate of drug-likeness (QED) is 0.766. The molecule has 1 saturated heterocycles. The van der Waals surface area contributed by atoms with Gasteiger partial charge in [-0.15, -0.1) is 0 Å². The molecule has 0 aliphatic carbocycles. The van der Waals surface area contributed by atoms with Crippen molar-refractivity contribution in [1.29, 1.82) is 0 Å². The van der Waals surface area contributed by atoms with Crippen LogP contribution < -0.4 is 5.76 Å². The molecule has 5 nitrogen and oxygen atoms in total. The number of benzene rings is 2. The van der Waals surface area contributed by atoms with E-state index in [1.165, 1.54) is 5.56 Å². The molecular formula is C21H22N2O3. The van der Waals surface area contributed by atoms with E-state index in [4.69, 9.17) is 4.42 Å². The van der Waals surface area contributed by atoms with E-state index in [9.17, 15) is 9.59 Å². The number of para-hydroxylation sites is 1. The van der Waals surface area contributed by atoms with E-state index in [1.54, 1.807) is 18.2 Å². The highest BCUT2D eigenvalue weighted by Crippen LogP contribution is 2.35. The monoisotopic (exact) mass is 350 g/mol. The average Bonchev–Trinajstić information content (AvgIpc) is 2.92. The average molecular weight is 350 g/mol. The number of hydrogen-bond acceptors (Lipinski definition) is 3. The summed E-state index contributed by atoms with van der Waals surface area (Å²) in [5.41, 5.74) is 2.75. The van der Waals surface area contributed by atoms with Crippen LogP contribution in [-0.4, -0.2) is 28.9 Å². The zero-order valence-corrected chi connectivity index (χ0v) is 14.8. The number of aromatic amines is 1. The Balaban J connectivity index is 1.59. The van der Waals surface area contributed by atoms with Crippen LogP contribution >= 0.6 is 0 Å². The van der Waals surface area contributed by atoms with Crippen LogP contribution in [0.25, 0.3) is 11.1 Å². The smallest absolute Gasteiger partial charge is 0.407 e. The molecule has 0 bridgehead atoms. The SMILES string of the molecule is CC1(c2ccccc2)CCCN(C(=O)c2cccc3[nH]c(=O)oc23)CC1. The lowest BCUT2D eigenvalue weighted by Crippen LogP contribution is -2.33. The Morgan fingerprint density at radius 3 is 2.69 bits per heavy atom. The first kappa shape index (κ1) is 16.6. The maximum absolute atomic E-state index is 13.1. The molecule has 0 radical (unpaired) electrons. The molecule has 1 N–H and O–H groups in total. The van der Waals surface area contributed by atoms with Gasteiger partial charge in [-0.05, 0) is 42.4 Å². The summed E-state index contributed by atoms with van der Waals surface area (Å²) in [6.45, 7) is 3.68. The molecule has 2 aromatic carbocycles. The third kappa shape index (κ3) is 2.94. The lowest BCUT2D eigenvalue weighted by Gasteiger charge is -2.29. The molecule has 26 heavy (non-hydrogen) atoms. The van der Waals surface area contributed by atoms with E-state index in [2.05, 4.69) is 36.2 Å². The lowest BCUT2D eigenvalue weighted by atomic mass is 9.76. The highest BCUT2D eigenvalue weighted by molar-refractivity contribution is 6.04. The van der Waals surface area contributed by atoms with Crippen LogP contribution in [-0.2, 0) is 5.41 Å². The highest BCUT2D eigenvalue weighted by atomic mass is 16.4. The molecule has 4 rings (SSSR count). The number of nitrogens with zero attached hydrogens (tertiary/aromatic N) is 1. The minimum absolute atomic E-state index is 0.0724. The molecule has 1 amide bonds. The van der Waals surface area contributed by atoms with Gasteiger partial charge in [0.25, 0.3) is 5.91 Å². The number of carbonyl (C=O) groups excluding carboxylic acids is 1. The number of fused-ring (bicyclic) bond motifs is 1. The third-order valence-corrected chi connectivity index (χ3v) is 5.52. The molecule has 0 saturated carbocycles. The van der Waals surface area contributed by atoms with Crippen molar-refractivity contribution in [2.45, 2.75) is 31.6 Å². The van der Waals surface area contributed by atoms with Crippen molar-refractivity contribution in [3.05, 3.63) is 70.2 Å². The Kier molecular flexibility index (Phi) is 4.15. The number of oxazole rings is 1. The first-order valence-electron chi connectivity index (χ1n) is 9.03. The second kappa shape index (κ2) is 6.48. The van der Waals surface area contributed by atoms with E-state index >= 15 is 0 Å². The predicted molar refractivity (Wildman–Crippen MR) is 100 cm³/mol. The Morgan fingerprint density at radius 2 is 1.88 bits per heavy atom. The van der Waals surface area contributed by atoms with Crippen molar-refractivity contribution in [3.63, 3.8) is 0 Å². The molecule has 134 valence electrons. The van der Waals surface area contributed by atoms with Crippen LogP contribution in [0.2, 0.25) is 0 Å². The third-order valence-electron chi connectivity index (χ3n) is 5.52. The summed E-state index contributed by atoms with van der Waals surface area (Å²) in [4.78, 5) is 29.1. The maximum atomic E-state index is 13.1. The fourth-order valence-electron chi connectivity index (χ4n) is 3.92. The molecule has 1 aliphatic rings. The summed E-state index contributed by atoms with van der Waals surface area (Å²) >= 11 is 0. The Hall–Kier alpha value is -2.82. The predicted octanol–water partition coefficient (Wildman–Crippen LogP) is 3.71. The number of amides is 1. The molecule has 1 aliphatic heterocycles. The topological polar surface area (TPSA) is 66.3 Å². The van der Waals surface area contributed by atoms with Gasteiger partial charge in [0.1, 0.15) is 0 Å². The van der Waals surface area contributed by atoms with Gasteiger partial charge in [-0.2, -0.15) is 0 Å². The summed E-state index contributed by atoms with van der Waals surface area (Å²) in [7, 11) is 0. The number of aromatic nitrogens is 1. The van der Waals surface area contributed by atoms with E-state index in [1.807, 2.05) is 11.0 Å². The molecule has 3 aromatic rings. The number of nitrogens with one attached hydrogen (secondary N) is 1. The molecule has 1 unspecified atom stereocenters. The summed E-state index contributed by atoms with van der Waals surface area (Å²) in [6.07, 6.45) is 2.91. The minimum atomic E-state index is -0.534. The zero-order chi connectivity index (χ0) is 18.1. The summed E-state index contributed by atoms with van der Waals surface area (Å²) in [6, 6.07) is 15.8. The van der Waals surface area contributed by atoms with Gasteiger partial charge >= 0.3 is 5.76 Å². The summed E-state index contributed by atoms with van der Waals surface area (Å²) < 4.78 is 5.19. The second-order valence-electron chi connectivity index (χ2n) is 7.27. The van der Waals surface area contributed by atoms with E-state index in [0.717, 1.165) is 19.3 Å². The van der Waals surface area contributed by atoms with Gasteiger partial charge in [0.2, 0.25) is 0 Å². The van der Waals surface area contributed by atoms with Gasteiger partial charge in [-0.3, -0.25) is 9.78 Å². The molecule has 2 heterocycles. The van der Waals surface area contributed by atoms with Gasteiger partial charge in [0, 0.05) is 13.1 Å². The van der Waals surface area contributed by atoms with Crippen LogP contribution in [0.3, 0.4) is 0 Å². The first-order valence-corrected chi connectivity index (χ1v) is 9.03. The molecule has 5 heteroatoms. The number of H-pyrrole nitrogens is 1. The minimum Gasteiger partial charge on any atom is -0.407 e. The number of carbonyl (C=O) groups is 1. The second-order valence-corrected chi connectivity index (χ2v) is 7.27. The van der Waals surface area contributed by atoms with Gasteiger partial charge in [-0.25, -0.2) is 4.79 Å². The largest absolute Gasteiger partial charge is 0.417 e. The standard InChI is InChI=1S/C21H22N2O3/c1-21(15-7-3-2-4-8-15)11-6-13-23(14-12-21)19(24)16-9-5-10-17-18(16)26-20(25)22-17/h2-5,7-10H,6,11-14H2,1H3,(H,22,25).